The molecule has 0 radical (unpaired) electrons. The molecule has 2 amide bonds. The lowest BCUT2D eigenvalue weighted by Gasteiger charge is -2.18. The van der Waals surface area contributed by atoms with Crippen molar-refractivity contribution in [2.45, 2.75) is 13.0 Å². The van der Waals surface area contributed by atoms with Gasteiger partial charge in [0.15, 0.2) is 0 Å². The summed E-state index contributed by atoms with van der Waals surface area (Å²) in [4.78, 5) is 36.1. The van der Waals surface area contributed by atoms with E-state index in [1.165, 1.54) is 0 Å². The van der Waals surface area contributed by atoms with E-state index < -0.39 is 5.92 Å². The molecule has 1 aliphatic heterocycles. The first-order valence-corrected chi connectivity index (χ1v) is 11.1. The first-order valence-electron chi connectivity index (χ1n) is 10.3. The van der Waals surface area contributed by atoms with E-state index in [4.69, 9.17) is 0 Å². The summed E-state index contributed by atoms with van der Waals surface area (Å²) in [5, 5.41) is 2.88. The number of carbonyl (C=O) groups is 2. The molecular weight excluding hydrogens is 470 g/mol. The van der Waals surface area contributed by atoms with E-state index >= 15 is 0 Å². The maximum Gasteiger partial charge on any atom is 0.239 e. The number of para-hydroxylation sites is 3. The normalized spacial score (nSPS) is 16.0. The molecule has 7 nitrogen and oxygen atoms in total. The van der Waals surface area contributed by atoms with Crippen LogP contribution in [0.1, 0.15) is 12.0 Å². The highest BCUT2D eigenvalue weighted by atomic mass is 79.9. The smallest absolute Gasteiger partial charge is 0.239 e. The molecule has 0 aliphatic carbocycles. The molecule has 0 bridgehead atoms. The number of nitrogens with zero attached hydrogens (tertiary/aromatic N) is 4. The number of imidazole rings is 1. The Morgan fingerprint density at radius 2 is 1.88 bits per heavy atom. The summed E-state index contributed by atoms with van der Waals surface area (Å²) in [5.41, 5.74) is 3.54. The van der Waals surface area contributed by atoms with E-state index in [1.54, 1.807) is 17.4 Å². The Labute approximate surface area is 193 Å². The topological polar surface area (TPSA) is 80.1 Å². The number of benzene rings is 2. The predicted molar refractivity (Wildman–Crippen MR) is 125 cm³/mol. The standard InChI is InChI=1S/C24H20BrN5O2/c25-18-5-1-3-7-20(18)29-12-11-17(24(29)32)23(31)27-14-16-9-10-22(26-13-16)30-15-28-19-6-2-4-8-21(19)30/h1-10,13,15,17H,11-12,14H2,(H,27,31). The lowest BCUT2D eigenvalue weighted by atomic mass is 10.1. The number of carbonyl (C=O) groups excluding carboxylic acids is 2. The van der Waals surface area contributed by atoms with Gasteiger partial charge in [-0.25, -0.2) is 9.97 Å². The third-order valence-corrected chi connectivity index (χ3v) is 6.31. The van der Waals surface area contributed by atoms with Crippen molar-refractivity contribution in [3.05, 3.63) is 83.2 Å². The maximum atomic E-state index is 12.8. The van der Waals surface area contributed by atoms with E-state index in [1.807, 2.05) is 65.2 Å². The van der Waals surface area contributed by atoms with Gasteiger partial charge in [-0.05, 0) is 58.2 Å². The summed E-state index contributed by atoms with van der Waals surface area (Å²) in [7, 11) is 0. The predicted octanol–water partition coefficient (Wildman–Crippen LogP) is 3.85. The van der Waals surface area contributed by atoms with Crippen LogP contribution >= 0.6 is 15.9 Å². The third kappa shape index (κ3) is 3.78. The molecule has 1 unspecified atom stereocenters. The molecule has 3 heterocycles. The zero-order valence-electron chi connectivity index (χ0n) is 17.1. The number of pyridine rings is 1. The van der Waals surface area contributed by atoms with Crippen LogP contribution in [0.15, 0.2) is 77.7 Å². The van der Waals surface area contributed by atoms with E-state index in [-0.39, 0.29) is 11.8 Å². The Balaban J connectivity index is 1.23. The van der Waals surface area contributed by atoms with E-state index in [0.717, 1.165) is 32.6 Å². The molecule has 8 heteroatoms. The van der Waals surface area contributed by atoms with Crippen LogP contribution in [0, 0.1) is 5.92 Å². The molecule has 0 saturated carbocycles. The van der Waals surface area contributed by atoms with Crippen molar-refractivity contribution in [1.29, 1.82) is 0 Å². The average molecular weight is 490 g/mol. The molecular formula is C24H20BrN5O2. The number of rotatable bonds is 5. The summed E-state index contributed by atoms with van der Waals surface area (Å²) in [6, 6.07) is 19.2. The van der Waals surface area contributed by atoms with Gasteiger partial charge in [-0.3, -0.25) is 14.2 Å². The molecule has 1 saturated heterocycles. The molecule has 5 rings (SSSR count). The highest BCUT2D eigenvalue weighted by Gasteiger charge is 2.38. The fraction of sp³-hybridized carbons (Fsp3) is 0.167. The Hall–Kier alpha value is -3.52. The van der Waals surface area contributed by atoms with Crippen LogP contribution in [-0.2, 0) is 16.1 Å². The van der Waals surface area contributed by atoms with Gasteiger partial charge < -0.3 is 10.2 Å². The van der Waals surface area contributed by atoms with Crippen molar-refractivity contribution in [3.63, 3.8) is 0 Å². The van der Waals surface area contributed by atoms with Gasteiger partial charge >= 0.3 is 0 Å². The fourth-order valence-corrected chi connectivity index (χ4v) is 4.45. The van der Waals surface area contributed by atoms with Gasteiger partial charge in [0.1, 0.15) is 18.1 Å². The average Bonchev–Trinajstić information content (AvgIpc) is 3.42. The van der Waals surface area contributed by atoms with Crippen LogP contribution in [-0.4, -0.2) is 32.9 Å². The Morgan fingerprint density at radius 3 is 2.69 bits per heavy atom. The van der Waals surface area contributed by atoms with Gasteiger partial charge in [-0.15, -0.1) is 0 Å². The minimum absolute atomic E-state index is 0.171. The van der Waals surface area contributed by atoms with E-state index in [0.29, 0.717) is 19.5 Å². The minimum atomic E-state index is -0.674. The largest absolute Gasteiger partial charge is 0.351 e. The van der Waals surface area contributed by atoms with Gasteiger partial charge in [-0.2, -0.15) is 0 Å². The van der Waals surface area contributed by atoms with Crippen LogP contribution in [0.4, 0.5) is 5.69 Å². The maximum absolute atomic E-state index is 12.8. The molecule has 1 aliphatic rings. The summed E-state index contributed by atoms with van der Waals surface area (Å²) < 4.78 is 2.76. The molecule has 4 aromatic rings. The van der Waals surface area contributed by atoms with Crippen LogP contribution in [0.5, 0.6) is 0 Å². The summed E-state index contributed by atoms with van der Waals surface area (Å²) >= 11 is 3.48. The molecule has 160 valence electrons. The van der Waals surface area contributed by atoms with E-state index in [2.05, 4.69) is 31.2 Å². The van der Waals surface area contributed by atoms with Crippen molar-refractivity contribution in [2.75, 3.05) is 11.4 Å². The molecule has 32 heavy (non-hydrogen) atoms. The second-order valence-electron chi connectivity index (χ2n) is 7.63. The van der Waals surface area contributed by atoms with Crippen LogP contribution in [0.25, 0.3) is 16.9 Å². The Morgan fingerprint density at radius 1 is 1.06 bits per heavy atom. The fourth-order valence-electron chi connectivity index (χ4n) is 3.95. The molecule has 0 spiro atoms. The highest BCUT2D eigenvalue weighted by Crippen LogP contribution is 2.31. The zero-order chi connectivity index (χ0) is 22.1. The van der Waals surface area contributed by atoms with Crippen molar-refractivity contribution in [3.8, 4) is 5.82 Å². The number of anilines is 1. The number of aromatic nitrogens is 3. The van der Waals surface area contributed by atoms with Crippen molar-refractivity contribution < 1.29 is 9.59 Å². The Kier molecular flexibility index (Phi) is 5.45. The number of nitrogens with one attached hydrogen (secondary N) is 1. The second kappa shape index (κ2) is 8.55. The molecule has 2 aromatic heterocycles. The van der Waals surface area contributed by atoms with E-state index in [9.17, 15) is 9.59 Å². The first-order chi connectivity index (χ1) is 15.6. The van der Waals surface area contributed by atoms with Gasteiger partial charge in [0.05, 0.1) is 16.7 Å². The van der Waals surface area contributed by atoms with Crippen LogP contribution < -0.4 is 10.2 Å². The van der Waals surface area contributed by atoms with Crippen molar-refractivity contribution in [1.82, 2.24) is 19.9 Å². The third-order valence-electron chi connectivity index (χ3n) is 5.64. The van der Waals surface area contributed by atoms with Gasteiger partial charge in [0, 0.05) is 23.8 Å². The number of fused-ring (bicyclic) bond motifs is 1. The van der Waals surface area contributed by atoms with Gasteiger partial charge in [-0.1, -0.05) is 30.3 Å². The zero-order valence-corrected chi connectivity index (χ0v) is 18.7. The quantitative estimate of drug-likeness (QED) is 0.431. The summed E-state index contributed by atoms with van der Waals surface area (Å²) in [6.45, 7) is 0.838. The van der Waals surface area contributed by atoms with Crippen molar-refractivity contribution >= 4 is 44.5 Å². The SMILES string of the molecule is O=C(NCc1ccc(-n2cnc3ccccc32)nc1)C1CCN(c2ccccc2Br)C1=O. The first kappa shape index (κ1) is 20.4. The number of halogens is 1. The number of hydrogen-bond donors (Lipinski definition) is 1. The summed E-state index contributed by atoms with van der Waals surface area (Å²) in [5.74, 6) is -0.348. The lowest BCUT2D eigenvalue weighted by molar-refractivity contribution is -0.132. The van der Waals surface area contributed by atoms with Crippen LogP contribution in [0.3, 0.4) is 0 Å². The van der Waals surface area contributed by atoms with Crippen LogP contribution in [0.2, 0.25) is 0 Å². The monoisotopic (exact) mass is 489 g/mol. The molecule has 1 atom stereocenters. The van der Waals surface area contributed by atoms with Gasteiger partial charge in [0.25, 0.3) is 0 Å². The second-order valence-corrected chi connectivity index (χ2v) is 8.48. The molecule has 1 N–H and O–H groups in total. The Bertz CT molecular complexity index is 1300. The molecule has 1 fully saturated rings. The minimum Gasteiger partial charge on any atom is -0.351 e. The number of hydrogen-bond acceptors (Lipinski definition) is 4. The highest BCUT2D eigenvalue weighted by molar-refractivity contribution is 9.10. The molecule has 2 aromatic carbocycles. The van der Waals surface area contributed by atoms with Gasteiger partial charge in [0.2, 0.25) is 11.8 Å². The lowest BCUT2D eigenvalue weighted by Crippen LogP contribution is -2.36. The number of amides is 2. The summed E-state index contributed by atoms with van der Waals surface area (Å²) in [6.07, 6.45) is 3.97. The van der Waals surface area contributed by atoms with Crippen molar-refractivity contribution in [2.24, 2.45) is 5.92 Å².